The van der Waals surface area contributed by atoms with Crippen molar-refractivity contribution in [1.29, 1.82) is 0 Å². The van der Waals surface area contributed by atoms with Gasteiger partial charge in [-0.05, 0) is 56.2 Å². The van der Waals surface area contributed by atoms with E-state index >= 15 is 0 Å². The zero-order valence-electron chi connectivity index (χ0n) is 15.0. The first-order valence-corrected chi connectivity index (χ1v) is 8.96. The molecular formula is C20H24ClN3O. The van der Waals surface area contributed by atoms with E-state index in [1.165, 1.54) is 16.8 Å². The molecule has 3 rings (SSSR count). The summed E-state index contributed by atoms with van der Waals surface area (Å²) >= 11 is 5.97. The van der Waals surface area contributed by atoms with E-state index in [1.807, 2.05) is 24.0 Å². The van der Waals surface area contributed by atoms with Gasteiger partial charge in [0.05, 0.1) is 0 Å². The third kappa shape index (κ3) is 4.07. The van der Waals surface area contributed by atoms with Gasteiger partial charge in [-0.2, -0.15) is 0 Å². The molecule has 2 amide bonds. The molecule has 1 aliphatic heterocycles. The molecule has 1 heterocycles. The minimum atomic E-state index is -0.0503. The summed E-state index contributed by atoms with van der Waals surface area (Å²) in [5, 5.41) is 3.67. The fraction of sp³-hybridized carbons (Fsp3) is 0.350. The smallest absolute Gasteiger partial charge is 0.321 e. The highest BCUT2D eigenvalue weighted by Gasteiger charge is 2.22. The summed E-state index contributed by atoms with van der Waals surface area (Å²) in [6.07, 6.45) is 0. The second-order valence-corrected chi connectivity index (χ2v) is 7.09. The SMILES string of the molecule is Cc1ccc(N2CCN(C(=O)Nc3ccc(Cl)cc3C)CC2)c(C)c1. The number of rotatable bonds is 2. The number of piperazine rings is 1. The van der Waals surface area contributed by atoms with Crippen LogP contribution in [0.2, 0.25) is 5.02 Å². The number of aryl methyl sites for hydroxylation is 3. The Morgan fingerprint density at radius 3 is 2.32 bits per heavy atom. The third-order valence-corrected chi connectivity index (χ3v) is 4.93. The first-order valence-electron chi connectivity index (χ1n) is 8.58. The van der Waals surface area contributed by atoms with Crippen molar-refractivity contribution < 1.29 is 4.79 Å². The highest BCUT2D eigenvalue weighted by molar-refractivity contribution is 6.30. The van der Waals surface area contributed by atoms with Crippen LogP contribution in [0, 0.1) is 20.8 Å². The van der Waals surface area contributed by atoms with Crippen molar-refractivity contribution >= 4 is 29.0 Å². The van der Waals surface area contributed by atoms with Crippen LogP contribution in [0.3, 0.4) is 0 Å². The summed E-state index contributed by atoms with van der Waals surface area (Å²) in [6, 6.07) is 12.0. The summed E-state index contributed by atoms with van der Waals surface area (Å²) in [4.78, 5) is 16.7. The molecule has 1 N–H and O–H groups in total. The maximum absolute atomic E-state index is 12.5. The lowest BCUT2D eigenvalue weighted by Gasteiger charge is -2.36. The van der Waals surface area contributed by atoms with Crippen molar-refractivity contribution in [3.8, 4) is 0 Å². The number of amides is 2. The van der Waals surface area contributed by atoms with Gasteiger partial charge in [-0.3, -0.25) is 0 Å². The summed E-state index contributed by atoms with van der Waals surface area (Å²) in [5.41, 5.74) is 5.60. The Balaban J connectivity index is 1.60. The Morgan fingerprint density at radius 1 is 0.960 bits per heavy atom. The standard InChI is InChI=1S/C20H24ClN3O/c1-14-4-7-19(16(3)12-14)23-8-10-24(11-9-23)20(25)22-18-6-5-17(21)13-15(18)2/h4-7,12-13H,8-11H2,1-3H3,(H,22,25). The number of hydrogen-bond acceptors (Lipinski definition) is 2. The minimum Gasteiger partial charge on any atom is -0.368 e. The average molecular weight is 358 g/mol. The fourth-order valence-electron chi connectivity index (χ4n) is 3.27. The molecule has 1 saturated heterocycles. The molecule has 0 bridgehead atoms. The summed E-state index contributed by atoms with van der Waals surface area (Å²) in [5.74, 6) is 0. The van der Waals surface area contributed by atoms with Crippen molar-refractivity contribution in [3.63, 3.8) is 0 Å². The van der Waals surface area contributed by atoms with Crippen molar-refractivity contribution in [2.24, 2.45) is 0 Å². The molecule has 132 valence electrons. The van der Waals surface area contributed by atoms with Gasteiger partial charge in [0, 0.05) is 42.6 Å². The Kier molecular flexibility index (Phi) is 5.19. The van der Waals surface area contributed by atoms with Crippen LogP contribution < -0.4 is 10.2 Å². The van der Waals surface area contributed by atoms with Crippen LogP contribution in [-0.2, 0) is 0 Å². The van der Waals surface area contributed by atoms with Crippen LogP contribution in [0.4, 0.5) is 16.2 Å². The molecule has 2 aromatic rings. The van der Waals surface area contributed by atoms with Gasteiger partial charge in [-0.1, -0.05) is 29.3 Å². The molecule has 1 aliphatic rings. The van der Waals surface area contributed by atoms with Crippen molar-refractivity contribution in [1.82, 2.24) is 4.90 Å². The molecule has 0 radical (unpaired) electrons. The molecule has 0 atom stereocenters. The van der Waals surface area contributed by atoms with E-state index in [0.717, 1.165) is 24.3 Å². The number of nitrogens with one attached hydrogen (secondary N) is 1. The first-order chi connectivity index (χ1) is 11.9. The normalized spacial score (nSPS) is 14.6. The highest BCUT2D eigenvalue weighted by atomic mass is 35.5. The summed E-state index contributed by atoms with van der Waals surface area (Å²) in [6.45, 7) is 9.31. The largest absolute Gasteiger partial charge is 0.368 e. The van der Waals surface area contributed by atoms with Crippen LogP contribution in [0.15, 0.2) is 36.4 Å². The Morgan fingerprint density at radius 2 is 1.68 bits per heavy atom. The van der Waals surface area contributed by atoms with Crippen LogP contribution >= 0.6 is 11.6 Å². The summed E-state index contributed by atoms with van der Waals surface area (Å²) < 4.78 is 0. The first kappa shape index (κ1) is 17.6. The predicted molar refractivity (Wildman–Crippen MR) is 105 cm³/mol. The predicted octanol–water partition coefficient (Wildman–Crippen LogP) is 4.62. The Labute approximate surface area is 154 Å². The zero-order valence-corrected chi connectivity index (χ0v) is 15.7. The average Bonchev–Trinajstić information content (AvgIpc) is 2.57. The molecule has 0 saturated carbocycles. The number of carbonyl (C=O) groups excluding carboxylic acids is 1. The number of urea groups is 1. The lowest BCUT2D eigenvalue weighted by atomic mass is 10.1. The van der Waals surface area contributed by atoms with E-state index in [0.29, 0.717) is 18.1 Å². The molecule has 4 nitrogen and oxygen atoms in total. The van der Waals surface area contributed by atoms with E-state index in [-0.39, 0.29) is 6.03 Å². The molecule has 5 heteroatoms. The topological polar surface area (TPSA) is 35.6 Å². The van der Waals surface area contributed by atoms with Crippen molar-refractivity contribution in [3.05, 3.63) is 58.1 Å². The second-order valence-electron chi connectivity index (χ2n) is 6.65. The van der Waals surface area contributed by atoms with Gasteiger partial charge >= 0.3 is 6.03 Å². The second kappa shape index (κ2) is 7.36. The Hall–Kier alpha value is -2.20. The lowest BCUT2D eigenvalue weighted by Crippen LogP contribution is -2.50. The van der Waals surface area contributed by atoms with Gasteiger partial charge in [0.15, 0.2) is 0 Å². The Bertz CT molecular complexity index is 783. The molecule has 25 heavy (non-hydrogen) atoms. The number of benzene rings is 2. The van der Waals surface area contributed by atoms with Crippen LogP contribution in [0.5, 0.6) is 0 Å². The zero-order chi connectivity index (χ0) is 18.0. The quantitative estimate of drug-likeness (QED) is 0.851. The van der Waals surface area contributed by atoms with Gasteiger partial charge in [0.25, 0.3) is 0 Å². The molecule has 0 unspecified atom stereocenters. The molecule has 1 fully saturated rings. The molecule has 0 spiro atoms. The number of nitrogens with zero attached hydrogens (tertiary/aromatic N) is 2. The van der Waals surface area contributed by atoms with Gasteiger partial charge in [0.1, 0.15) is 0 Å². The number of halogens is 1. The number of hydrogen-bond donors (Lipinski definition) is 1. The maximum atomic E-state index is 12.5. The molecule has 0 aromatic heterocycles. The lowest BCUT2D eigenvalue weighted by molar-refractivity contribution is 0.208. The summed E-state index contributed by atoms with van der Waals surface area (Å²) in [7, 11) is 0. The number of carbonyl (C=O) groups is 1. The van der Waals surface area contributed by atoms with Crippen LogP contribution in [-0.4, -0.2) is 37.1 Å². The van der Waals surface area contributed by atoms with Crippen molar-refractivity contribution in [2.75, 3.05) is 36.4 Å². The maximum Gasteiger partial charge on any atom is 0.321 e. The van der Waals surface area contributed by atoms with E-state index < -0.39 is 0 Å². The van der Waals surface area contributed by atoms with Crippen LogP contribution in [0.25, 0.3) is 0 Å². The fourth-order valence-corrected chi connectivity index (χ4v) is 3.50. The van der Waals surface area contributed by atoms with E-state index in [4.69, 9.17) is 11.6 Å². The third-order valence-electron chi connectivity index (χ3n) is 4.69. The van der Waals surface area contributed by atoms with E-state index in [9.17, 15) is 4.79 Å². The van der Waals surface area contributed by atoms with Crippen LogP contribution in [0.1, 0.15) is 16.7 Å². The monoisotopic (exact) mass is 357 g/mol. The van der Waals surface area contributed by atoms with Crippen molar-refractivity contribution in [2.45, 2.75) is 20.8 Å². The molecular weight excluding hydrogens is 334 g/mol. The molecule has 0 aliphatic carbocycles. The van der Waals surface area contributed by atoms with Gasteiger partial charge < -0.3 is 15.1 Å². The van der Waals surface area contributed by atoms with E-state index in [1.54, 1.807) is 6.07 Å². The van der Waals surface area contributed by atoms with E-state index in [2.05, 4.69) is 42.3 Å². The minimum absolute atomic E-state index is 0.0503. The van der Waals surface area contributed by atoms with Gasteiger partial charge in [0.2, 0.25) is 0 Å². The number of anilines is 2. The van der Waals surface area contributed by atoms with Gasteiger partial charge in [-0.25, -0.2) is 4.79 Å². The molecule has 2 aromatic carbocycles. The van der Waals surface area contributed by atoms with Gasteiger partial charge in [-0.15, -0.1) is 0 Å². The highest BCUT2D eigenvalue weighted by Crippen LogP contribution is 2.23.